The maximum atomic E-state index is 12.2. The van der Waals surface area contributed by atoms with Crippen molar-refractivity contribution in [2.24, 2.45) is 0 Å². The number of nitrogens with zero attached hydrogens (tertiary/aromatic N) is 2. The smallest absolute Gasteiger partial charge is 0.309 e. The maximum Gasteiger partial charge on any atom is 0.309 e. The lowest BCUT2D eigenvalue weighted by Gasteiger charge is -2.25. The summed E-state index contributed by atoms with van der Waals surface area (Å²) < 4.78 is 0. The minimum absolute atomic E-state index is 0.0378. The summed E-state index contributed by atoms with van der Waals surface area (Å²) in [7, 11) is 7.86. The van der Waals surface area contributed by atoms with E-state index in [1.807, 2.05) is 62.3 Å². The average molecular weight is 403 g/mol. The van der Waals surface area contributed by atoms with Gasteiger partial charge in [-0.15, -0.1) is 0 Å². The Hall–Kier alpha value is -2.57. The largest absolute Gasteiger partial charge is 0.378 e. The molecule has 0 fully saturated rings. The van der Waals surface area contributed by atoms with Crippen molar-refractivity contribution < 1.29 is 9.59 Å². The van der Waals surface area contributed by atoms with Gasteiger partial charge in [0.2, 0.25) is 0 Å². The van der Waals surface area contributed by atoms with Gasteiger partial charge in [-0.3, -0.25) is 9.59 Å². The second-order valence-electron chi connectivity index (χ2n) is 6.98. The van der Waals surface area contributed by atoms with E-state index in [4.69, 9.17) is 11.6 Å². The first-order chi connectivity index (χ1) is 13.3. The molecule has 0 spiro atoms. The van der Waals surface area contributed by atoms with Crippen LogP contribution in [0.25, 0.3) is 0 Å². The Labute approximate surface area is 171 Å². The summed E-state index contributed by atoms with van der Waals surface area (Å²) in [6.45, 7) is 0.605. The van der Waals surface area contributed by atoms with Gasteiger partial charge in [-0.05, 0) is 49.5 Å². The second-order valence-corrected chi connectivity index (χ2v) is 7.42. The van der Waals surface area contributed by atoms with Crippen LogP contribution in [0.2, 0.25) is 5.02 Å². The first-order valence-corrected chi connectivity index (χ1v) is 9.40. The molecule has 2 amide bonds. The van der Waals surface area contributed by atoms with Gasteiger partial charge in [-0.1, -0.05) is 35.9 Å². The molecule has 0 aliphatic rings. The molecule has 28 heavy (non-hydrogen) atoms. The van der Waals surface area contributed by atoms with Crippen molar-refractivity contribution in [3.8, 4) is 0 Å². The van der Waals surface area contributed by atoms with E-state index in [0.29, 0.717) is 11.6 Å². The van der Waals surface area contributed by atoms with Gasteiger partial charge in [-0.2, -0.15) is 0 Å². The zero-order valence-corrected chi connectivity index (χ0v) is 17.5. The summed E-state index contributed by atoms with van der Waals surface area (Å²) in [5.41, 5.74) is 3.04. The minimum Gasteiger partial charge on any atom is -0.378 e. The van der Waals surface area contributed by atoms with Gasteiger partial charge in [0, 0.05) is 37.9 Å². The third-order valence-electron chi connectivity index (χ3n) is 4.45. The number of rotatable bonds is 7. The zero-order valence-electron chi connectivity index (χ0n) is 16.7. The SMILES string of the molecule is CN(C)c1ccc(C(CNC(=O)C(=O)NCc2ccc(Cl)cc2)N(C)C)cc1. The Balaban J connectivity index is 1.90. The lowest BCUT2D eigenvalue weighted by molar-refractivity contribution is -0.139. The lowest BCUT2D eigenvalue weighted by Crippen LogP contribution is -2.42. The normalized spacial score (nSPS) is 11.8. The van der Waals surface area contributed by atoms with Gasteiger partial charge >= 0.3 is 11.8 Å². The Morgan fingerprint density at radius 1 is 0.893 bits per heavy atom. The number of benzene rings is 2. The molecule has 0 aliphatic heterocycles. The number of nitrogens with one attached hydrogen (secondary N) is 2. The molecule has 2 aromatic rings. The Kier molecular flexibility index (Phi) is 7.84. The molecule has 2 N–H and O–H groups in total. The van der Waals surface area contributed by atoms with E-state index in [1.54, 1.807) is 24.3 Å². The van der Waals surface area contributed by atoms with Crippen LogP contribution in [-0.4, -0.2) is 51.4 Å². The predicted molar refractivity (Wildman–Crippen MR) is 114 cm³/mol. The molecule has 0 aliphatic carbocycles. The Bertz CT molecular complexity index is 789. The molecular weight excluding hydrogens is 376 g/mol. The van der Waals surface area contributed by atoms with Crippen LogP contribution in [0.4, 0.5) is 5.69 Å². The van der Waals surface area contributed by atoms with Gasteiger partial charge in [0.05, 0.1) is 6.04 Å². The number of carbonyl (C=O) groups excluding carboxylic acids is 2. The molecule has 0 radical (unpaired) electrons. The van der Waals surface area contributed by atoms with Gasteiger partial charge in [0.25, 0.3) is 0 Å². The fourth-order valence-corrected chi connectivity index (χ4v) is 2.85. The second kappa shape index (κ2) is 10.1. The Morgan fingerprint density at radius 2 is 1.46 bits per heavy atom. The number of hydrogen-bond donors (Lipinski definition) is 2. The van der Waals surface area contributed by atoms with Crippen LogP contribution in [0.15, 0.2) is 48.5 Å². The monoisotopic (exact) mass is 402 g/mol. The molecule has 6 nitrogen and oxygen atoms in total. The van der Waals surface area contributed by atoms with Crippen molar-refractivity contribution in [2.45, 2.75) is 12.6 Å². The number of carbonyl (C=O) groups is 2. The van der Waals surface area contributed by atoms with Crippen LogP contribution in [0.3, 0.4) is 0 Å². The molecule has 7 heteroatoms. The maximum absolute atomic E-state index is 12.2. The Morgan fingerprint density at radius 3 is 2.00 bits per heavy atom. The van der Waals surface area contributed by atoms with Crippen molar-refractivity contribution in [3.63, 3.8) is 0 Å². The molecule has 0 bridgehead atoms. The standard InChI is InChI=1S/C21H27ClN4O2/c1-25(2)18-11-7-16(8-12-18)19(26(3)4)14-24-21(28)20(27)23-13-15-5-9-17(22)10-6-15/h5-12,19H,13-14H2,1-4H3,(H,23,27)(H,24,28). The number of likely N-dealkylation sites (N-methyl/N-ethyl adjacent to an activating group) is 1. The molecule has 0 saturated carbocycles. The molecule has 0 saturated heterocycles. The van der Waals surface area contributed by atoms with E-state index in [-0.39, 0.29) is 12.6 Å². The summed E-state index contributed by atoms with van der Waals surface area (Å²) >= 11 is 5.84. The topological polar surface area (TPSA) is 64.7 Å². The minimum atomic E-state index is -0.657. The van der Waals surface area contributed by atoms with Crippen molar-refractivity contribution in [3.05, 3.63) is 64.7 Å². The molecule has 150 valence electrons. The van der Waals surface area contributed by atoms with Gasteiger partial charge in [-0.25, -0.2) is 0 Å². The number of hydrogen-bond acceptors (Lipinski definition) is 4. The summed E-state index contributed by atoms with van der Waals surface area (Å²) in [6.07, 6.45) is 0. The van der Waals surface area contributed by atoms with Crippen LogP contribution >= 0.6 is 11.6 Å². The van der Waals surface area contributed by atoms with Crippen LogP contribution < -0.4 is 15.5 Å². The molecule has 0 aromatic heterocycles. The molecule has 1 atom stereocenters. The molecular formula is C21H27ClN4O2. The fraction of sp³-hybridized carbons (Fsp3) is 0.333. The van der Waals surface area contributed by atoms with Crippen LogP contribution in [0, 0.1) is 0 Å². The summed E-state index contributed by atoms with van der Waals surface area (Å²) in [6, 6.07) is 15.2. The van der Waals surface area contributed by atoms with Crippen LogP contribution in [-0.2, 0) is 16.1 Å². The quantitative estimate of drug-likeness (QED) is 0.698. The van der Waals surface area contributed by atoms with E-state index in [2.05, 4.69) is 10.6 Å². The molecule has 0 heterocycles. The lowest BCUT2D eigenvalue weighted by atomic mass is 10.1. The van der Waals surface area contributed by atoms with Gasteiger partial charge < -0.3 is 20.4 Å². The van der Waals surface area contributed by atoms with E-state index in [0.717, 1.165) is 16.8 Å². The van der Waals surface area contributed by atoms with E-state index >= 15 is 0 Å². The summed E-state index contributed by atoms with van der Waals surface area (Å²) in [5, 5.41) is 5.96. The first-order valence-electron chi connectivity index (χ1n) is 9.02. The van der Waals surface area contributed by atoms with E-state index in [1.165, 1.54) is 0 Å². The average Bonchev–Trinajstić information content (AvgIpc) is 2.67. The van der Waals surface area contributed by atoms with Gasteiger partial charge in [0.15, 0.2) is 0 Å². The number of anilines is 1. The third kappa shape index (κ3) is 6.25. The van der Waals surface area contributed by atoms with E-state index < -0.39 is 11.8 Å². The zero-order chi connectivity index (χ0) is 20.7. The summed E-state index contributed by atoms with van der Waals surface area (Å²) in [4.78, 5) is 28.2. The van der Waals surface area contributed by atoms with Crippen molar-refractivity contribution in [1.29, 1.82) is 0 Å². The van der Waals surface area contributed by atoms with Crippen molar-refractivity contribution in [2.75, 3.05) is 39.6 Å². The summed E-state index contributed by atoms with van der Waals surface area (Å²) in [5.74, 6) is -1.30. The highest BCUT2D eigenvalue weighted by atomic mass is 35.5. The van der Waals surface area contributed by atoms with Crippen molar-refractivity contribution in [1.82, 2.24) is 15.5 Å². The van der Waals surface area contributed by atoms with Crippen LogP contribution in [0.5, 0.6) is 0 Å². The molecule has 1 unspecified atom stereocenters. The molecule has 2 rings (SSSR count). The predicted octanol–water partition coefficient (Wildman–Crippen LogP) is 2.44. The van der Waals surface area contributed by atoms with Crippen LogP contribution in [0.1, 0.15) is 17.2 Å². The third-order valence-corrected chi connectivity index (χ3v) is 4.70. The van der Waals surface area contributed by atoms with Gasteiger partial charge in [0.1, 0.15) is 0 Å². The highest BCUT2D eigenvalue weighted by Crippen LogP contribution is 2.20. The number of halogens is 1. The number of amides is 2. The van der Waals surface area contributed by atoms with E-state index in [9.17, 15) is 9.59 Å². The first kappa shape index (κ1) is 21.7. The highest BCUT2D eigenvalue weighted by Gasteiger charge is 2.18. The van der Waals surface area contributed by atoms with Crippen molar-refractivity contribution >= 4 is 29.1 Å². The highest BCUT2D eigenvalue weighted by molar-refractivity contribution is 6.35. The fourth-order valence-electron chi connectivity index (χ4n) is 2.73. The molecule has 2 aromatic carbocycles.